The van der Waals surface area contributed by atoms with Crippen molar-refractivity contribution in [2.75, 3.05) is 32.7 Å². The molecule has 0 aliphatic carbocycles. The van der Waals surface area contributed by atoms with Crippen molar-refractivity contribution in [2.24, 2.45) is 11.8 Å². The second kappa shape index (κ2) is 9.57. The molecular weight excluding hydrogens is 398 g/mol. The van der Waals surface area contributed by atoms with Gasteiger partial charge in [0.1, 0.15) is 0 Å². The number of carbonyl (C=O) groups excluding carboxylic acids is 1. The summed E-state index contributed by atoms with van der Waals surface area (Å²) in [5.41, 5.74) is 1.11. The lowest BCUT2D eigenvalue weighted by Crippen LogP contribution is -2.52. The molecule has 28 heavy (non-hydrogen) atoms. The predicted octanol–water partition coefficient (Wildman–Crippen LogP) is 2.69. The number of halogens is 1. The molecule has 0 unspecified atom stereocenters. The van der Waals surface area contributed by atoms with Crippen LogP contribution in [0.5, 0.6) is 0 Å². The molecule has 2 aliphatic heterocycles. The van der Waals surface area contributed by atoms with E-state index in [1.54, 1.807) is 4.31 Å². The minimum atomic E-state index is -3.47. The van der Waals surface area contributed by atoms with Gasteiger partial charge in [0.15, 0.2) is 0 Å². The molecule has 156 valence electrons. The maximum Gasteiger partial charge on any atom is 0.281 e. The van der Waals surface area contributed by atoms with Crippen molar-refractivity contribution in [3.05, 3.63) is 34.9 Å². The van der Waals surface area contributed by atoms with Crippen molar-refractivity contribution in [2.45, 2.75) is 39.0 Å². The van der Waals surface area contributed by atoms with E-state index in [4.69, 9.17) is 11.6 Å². The van der Waals surface area contributed by atoms with E-state index in [0.29, 0.717) is 37.1 Å². The summed E-state index contributed by atoms with van der Waals surface area (Å²) in [4.78, 5) is 12.6. The van der Waals surface area contributed by atoms with Gasteiger partial charge in [-0.2, -0.15) is 17.0 Å². The summed E-state index contributed by atoms with van der Waals surface area (Å²) in [6, 6.07) is 7.57. The van der Waals surface area contributed by atoms with Crippen LogP contribution in [0, 0.1) is 11.8 Å². The Morgan fingerprint density at radius 2 is 1.79 bits per heavy atom. The number of amides is 1. The Kier molecular flexibility index (Phi) is 7.36. The van der Waals surface area contributed by atoms with Crippen LogP contribution in [-0.2, 0) is 21.4 Å². The van der Waals surface area contributed by atoms with E-state index in [1.807, 2.05) is 24.3 Å². The number of carbonyl (C=O) groups is 1. The molecule has 1 aromatic carbocycles. The van der Waals surface area contributed by atoms with Crippen LogP contribution in [0.3, 0.4) is 0 Å². The molecule has 2 heterocycles. The van der Waals surface area contributed by atoms with Gasteiger partial charge < -0.3 is 5.32 Å². The zero-order valence-electron chi connectivity index (χ0n) is 16.4. The van der Waals surface area contributed by atoms with Crippen LogP contribution in [0.15, 0.2) is 24.3 Å². The van der Waals surface area contributed by atoms with E-state index in [0.717, 1.165) is 37.7 Å². The quantitative estimate of drug-likeness (QED) is 0.758. The molecule has 3 rings (SSSR count). The van der Waals surface area contributed by atoms with E-state index >= 15 is 0 Å². The monoisotopic (exact) mass is 427 g/mol. The maximum atomic E-state index is 13.0. The number of piperidine rings is 2. The van der Waals surface area contributed by atoms with Crippen LogP contribution in [0.1, 0.15) is 38.2 Å². The molecule has 0 bridgehead atoms. The van der Waals surface area contributed by atoms with E-state index < -0.39 is 10.2 Å². The lowest BCUT2D eigenvalue weighted by Gasteiger charge is -2.37. The number of hydrogen-bond acceptors (Lipinski definition) is 3. The third kappa shape index (κ3) is 5.47. The highest BCUT2D eigenvalue weighted by molar-refractivity contribution is 7.86. The Hall–Kier alpha value is -1.15. The minimum Gasteiger partial charge on any atom is -0.355 e. The first-order chi connectivity index (χ1) is 13.4. The molecule has 0 spiro atoms. The standard InChI is InChI=1S/C20H30ClN3O3S/c1-16-9-13-23(14-10-16)28(26,27)24-12-2-3-18(15-24)20(25)22-11-8-17-4-6-19(21)7-5-17/h4-7,16,18H,2-3,8-15H2,1H3,(H,22,25)/t18-/m1/s1. The summed E-state index contributed by atoms with van der Waals surface area (Å²) in [6.07, 6.45) is 3.99. The Morgan fingerprint density at radius 3 is 2.46 bits per heavy atom. The van der Waals surface area contributed by atoms with Gasteiger partial charge in [-0.3, -0.25) is 4.79 Å². The molecule has 1 amide bonds. The van der Waals surface area contributed by atoms with E-state index in [2.05, 4.69) is 12.2 Å². The van der Waals surface area contributed by atoms with Crippen LogP contribution in [0.2, 0.25) is 5.02 Å². The number of rotatable bonds is 6. The van der Waals surface area contributed by atoms with Crippen molar-refractivity contribution in [3.8, 4) is 0 Å². The number of hydrogen-bond donors (Lipinski definition) is 1. The average Bonchev–Trinajstić information content (AvgIpc) is 2.70. The number of benzene rings is 1. The summed E-state index contributed by atoms with van der Waals surface area (Å²) in [5, 5.41) is 3.66. The molecule has 0 radical (unpaired) electrons. The van der Waals surface area contributed by atoms with E-state index in [-0.39, 0.29) is 18.4 Å². The Balaban J connectivity index is 1.50. The van der Waals surface area contributed by atoms with Gasteiger partial charge in [-0.15, -0.1) is 0 Å². The first-order valence-electron chi connectivity index (χ1n) is 10.1. The second-order valence-electron chi connectivity index (χ2n) is 7.95. The fourth-order valence-corrected chi connectivity index (χ4v) is 5.72. The molecule has 0 aromatic heterocycles. The molecule has 1 N–H and O–H groups in total. The Bertz CT molecular complexity index is 761. The van der Waals surface area contributed by atoms with Crippen LogP contribution in [-0.4, -0.2) is 55.7 Å². The molecule has 0 saturated carbocycles. The van der Waals surface area contributed by atoms with Gasteiger partial charge in [0.05, 0.1) is 5.92 Å². The minimum absolute atomic E-state index is 0.0545. The van der Waals surface area contributed by atoms with Crippen molar-refractivity contribution in [3.63, 3.8) is 0 Å². The predicted molar refractivity (Wildman–Crippen MR) is 111 cm³/mol. The van der Waals surface area contributed by atoms with Crippen LogP contribution in [0.25, 0.3) is 0 Å². The number of nitrogens with one attached hydrogen (secondary N) is 1. The van der Waals surface area contributed by atoms with Crippen LogP contribution in [0.4, 0.5) is 0 Å². The molecule has 6 nitrogen and oxygen atoms in total. The average molecular weight is 428 g/mol. The van der Waals surface area contributed by atoms with Gasteiger partial charge in [0.2, 0.25) is 5.91 Å². The van der Waals surface area contributed by atoms with Gasteiger partial charge in [-0.25, -0.2) is 0 Å². The summed E-state index contributed by atoms with van der Waals surface area (Å²) < 4.78 is 29.0. The zero-order chi connectivity index (χ0) is 20.1. The lowest BCUT2D eigenvalue weighted by molar-refractivity contribution is -0.126. The lowest BCUT2D eigenvalue weighted by atomic mass is 9.99. The molecule has 1 aromatic rings. The normalized spacial score (nSPS) is 22.9. The Morgan fingerprint density at radius 1 is 1.11 bits per heavy atom. The molecule has 2 aliphatic rings. The smallest absolute Gasteiger partial charge is 0.281 e. The maximum absolute atomic E-state index is 13.0. The van der Waals surface area contributed by atoms with Gasteiger partial charge in [-0.05, 0) is 55.7 Å². The van der Waals surface area contributed by atoms with Gasteiger partial charge >= 0.3 is 0 Å². The SMILES string of the molecule is CC1CCN(S(=O)(=O)N2CCC[C@@H](C(=O)NCCc3ccc(Cl)cc3)C2)CC1. The topological polar surface area (TPSA) is 69.7 Å². The summed E-state index contributed by atoms with van der Waals surface area (Å²) in [7, 11) is -3.47. The van der Waals surface area contributed by atoms with Crippen LogP contribution >= 0.6 is 11.6 Å². The van der Waals surface area contributed by atoms with Gasteiger partial charge in [-0.1, -0.05) is 30.7 Å². The van der Waals surface area contributed by atoms with Crippen molar-refractivity contribution >= 4 is 27.7 Å². The van der Waals surface area contributed by atoms with Crippen molar-refractivity contribution < 1.29 is 13.2 Å². The Labute approximate surface area is 173 Å². The molecular formula is C20H30ClN3O3S. The van der Waals surface area contributed by atoms with Crippen LogP contribution < -0.4 is 5.32 Å². The molecule has 2 saturated heterocycles. The molecule has 1 atom stereocenters. The molecule has 8 heteroatoms. The highest BCUT2D eigenvalue weighted by Crippen LogP contribution is 2.25. The summed E-state index contributed by atoms with van der Waals surface area (Å²) in [5.74, 6) is 0.241. The van der Waals surface area contributed by atoms with E-state index in [9.17, 15) is 13.2 Å². The summed E-state index contributed by atoms with van der Waals surface area (Å²) >= 11 is 5.88. The zero-order valence-corrected chi connectivity index (χ0v) is 18.0. The van der Waals surface area contributed by atoms with E-state index in [1.165, 1.54) is 4.31 Å². The highest BCUT2D eigenvalue weighted by atomic mass is 35.5. The fraction of sp³-hybridized carbons (Fsp3) is 0.650. The third-order valence-corrected chi connectivity index (χ3v) is 8.03. The largest absolute Gasteiger partial charge is 0.355 e. The summed E-state index contributed by atoms with van der Waals surface area (Å²) in [6.45, 7) is 4.64. The van der Waals surface area contributed by atoms with Crippen molar-refractivity contribution in [1.82, 2.24) is 13.9 Å². The fourth-order valence-electron chi connectivity index (χ4n) is 3.87. The highest BCUT2D eigenvalue weighted by Gasteiger charge is 2.36. The van der Waals surface area contributed by atoms with Crippen molar-refractivity contribution in [1.29, 1.82) is 0 Å². The number of nitrogens with zero attached hydrogens (tertiary/aromatic N) is 2. The first-order valence-corrected chi connectivity index (χ1v) is 11.9. The van der Waals surface area contributed by atoms with Gasteiger partial charge in [0, 0.05) is 37.7 Å². The third-order valence-electron chi connectivity index (χ3n) is 5.78. The molecule has 2 fully saturated rings. The first kappa shape index (κ1) is 21.6. The van der Waals surface area contributed by atoms with Gasteiger partial charge in [0.25, 0.3) is 10.2 Å². The second-order valence-corrected chi connectivity index (χ2v) is 10.3.